The molecule has 2 heterocycles. The number of carbonyl (C=O) groups is 1. The number of methoxy groups -OCH3 is 1. The van der Waals surface area contributed by atoms with Crippen LogP contribution >= 0.6 is 0 Å². The fourth-order valence-corrected chi connectivity index (χ4v) is 6.04. The van der Waals surface area contributed by atoms with E-state index in [1.54, 1.807) is 7.11 Å². The molecule has 1 aliphatic heterocycles. The van der Waals surface area contributed by atoms with Crippen molar-refractivity contribution in [3.63, 3.8) is 0 Å². The first-order valence-electron chi connectivity index (χ1n) is 13.1. The van der Waals surface area contributed by atoms with Crippen LogP contribution in [0.2, 0.25) is 0 Å². The molecular formula is C30H38N4O2. The van der Waals surface area contributed by atoms with Gasteiger partial charge in [0, 0.05) is 47.8 Å². The van der Waals surface area contributed by atoms with Crippen LogP contribution in [0.25, 0.3) is 16.5 Å². The number of amides is 2. The minimum atomic E-state index is 0.0541. The fraction of sp³-hybridized carbons (Fsp3) is 0.433. The second-order valence-electron chi connectivity index (χ2n) is 10.5. The van der Waals surface area contributed by atoms with E-state index in [9.17, 15) is 4.79 Å². The predicted octanol–water partition coefficient (Wildman–Crippen LogP) is 5.62. The maximum absolute atomic E-state index is 12.9. The average Bonchev–Trinajstić information content (AvgIpc) is 3.35. The van der Waals surface area contributed by atoms with Gasteiger partial charge in [-0.15, -0.1) is 0 Å². The van der Waals surface area contributed by atoms with Gasteiger partial charge in [0.25, 0.3) is 0 Å². The molecule has 3 aromatic rings. The molecule has 2 aromatic carbocycles. The van der Waals surface area contributed by atoms with Gasteiger partial charge >= 0.3 is 6.03 Å². The zero-order valence-corrected chi connectivity index (χ0v) is 21.7. The number of hydrogen-bond donors (Lipinski definition) is 2. The highest BCUT2D eigenvalue weighted by Crippen LogP contribution is 2.42. The molecule has 6 nitrogen and oxygen atoms in total. The molecule has 0 saturated heterocycles. The van der Waals surface area contributed by atoms with E-state index in [1.807, 2.05) is 11.0 Å². The fourth-order valence-electron chi connectivity index (χ4n) is 6.04. The van der Waals surface area contributed by atoms with E-state index >= 15 is 0 Å². The SMILES string of the molecule is COc1ccc2[nH]cc(C3=CCN(C(=O)NCC4CCC(c5ccccc5)(N(C)C)CC4)CC3)c2c1. The Morgan fingerprint density at radius 3 is 2.61 bits per heavy atom. The number of rotatable bonds is 6. The Morgan fingerprint density at radius 1 is 1.17 bits per heavy atom. The summed E-state index contributed by atoms with van der Waals surface area (Å²) in [4.78, 5) is 20.6. The van der Waals surface area contributed by atoms with Gasteiger partial charge in [0.2, 0.25) is 0 Å². The van der Waals surface area contributed by atoms with Gasteiger partial charge < -0.3 is 19.9 Å². The summed E-state index contributed by atoms with van der Waals surface area (Å²) in [6, 6.07) is 17.0. The summed E-state index contributed by atoms with van der Waals surface area (Å²) < 4.78 is 5.41. The Kier molecular flexibility index (Phi) is 7.06. The third-order valence-electron chi connectivity index (χ3n) is 8.37. The van der Waals surface area contributed by atoms with Crippen molar-refractivity contribution in [2.75, 3.05) is 40.8 Å². The molecule has 2 N–H and O–H groups in total. The van der Waals surface area contributed by atoms with Crippen LogP contribution in [0, 0.1) is 5.92 Å². The molecular weight excluding hydrogens is 448 g/mol. The lowest BCUT2D eigenvalue weighted by molar-refractivity contribution is 0.0771. The van der Waals surface area contributed by atoms with Crippen molar-refractivity contribution in [3.8, 4) is 5.75 Å². The standard InChI is InChI=1S/C30H38N4O2/c1-33(2)30(24-7-5-4-6-8-24)15-11-22(12-16-30)20-32-29(35)34-17-13-23(14-18-34)27-21-31-28-10-9-25(36-3)19-26(27)28/h4-10,13,19,21-22,31H,11-12,14-18,20H2,1-3H3,(H,32,35). The number of nitrogens with one attached hydrogen (secondary N) is 2. The Balaban J connectivity index is 1.15. The molecule has 0 unspecified atom stereocenters. The van der Waals surface area contributed by atoms with E-state index in [0.29, 0.717) is 12.5 Å². The molecule has 1 aliphatic carbocycles. The maximum atomic E-state index is 12.9. The number of ether oxygens (including phenoxy) is 1. The first-order valence-corrected chi connectivity index (χ1v) is 13.1. The number of benzene rings is 2. The van der Waals surface area contributed by atoms with Gasteiger partial charge in [-0.1, -0.05) is 36.4 Å². The Hall–Kier alpha value is -3.25. The van der Waals surface area contributed by atoms with Gasteiger partial charge in [-0.3, -0.25) is 4.90 Å². The van der Waals surface area contributed by atoms with Crippen LogP contribution in [0.3, 0.4) is 0 Å². The van der Waals surface area contributed by atoms with Crippen LogP contribution in [0.1, 0.15) is 43.2 Å². The second-order valence-corrected chi connectivity index (χ2v) is 10.5. The predicted molar refractivity (Wildman–Crippen MR) is 146 cm³/mol. The minimum absolute atomic E-state index is 0.0541. The molecule has 1 aromatic heterocycles. The minimum Gasteiger partial charge on any atom is -0.497 e. The molecule has 2 amide bonds. The molecule has 1 saturated carbocycles. The lowest BCUT2D eigenvalue weighted by Gasteiger charge is -2.45. The monoisotopic (exact) mass is 486 g/mol. The third-order valence-corrected chi connectivity index (χ3v) is 8.37. The highest BCUT2D eigenvalue weighted by Gasteiger charge is 2.38. The molecule has 6 heteroatoms. The number of urea groups is 1. The summed E-state index contributed by atoms with van der Waals surface area (Å²) in [7, 11) is 6.08. The zero-order chi connectivity index (χ0) is 25.1. The number of aromatic nitrogens is 1. The summed E-state index contributed by atoms with van der Waals surface area (Å²) >= 11 is 0. The highest BCUT2D eigenvalue weighted by atomic mass is 16.5. The van der Waals surface area contributed by atoms with Crippen LogP contribution in [0.15, 0.2) is 60.8 Å². The molecule has 5 rings (SSSR count). The first-order chi connectivity index (χ1) is 17.5. The summed E-state index contributed by atoms with van der Waals surface area (Å²) in [6.45, 7) is 2.13. The lowest BCUT2D eigenvalue weighted by atomic mass is 9.72. The van der Waals surface area contributed by atoms with Crippen molar-refractivity contribution in [2.24, 2.45) is 5.92 Å². The van der Waals surface area contributed by atoms with Gasteiger partial charge in [-0.2, -0.15) is 0 Å². The number of carbonyl (C=O) groups excluding carboxylic acids is 1. The molecule has 190 valence electrons. The van der Waals surface area contributed by atoms with E-state index in [1.165, 1.54) is 22.1 Å². The van der Waals surface area contributed by atoms with Gasteiger partial charge in [-0.05, 0) is 81.5 Å². The van der Waals surface area contributed by atoms with Gasteiger partial charge in [0.05, 0.1) is 7.11 Å². The van der Waals surface area contributed by atoms with Crippen LogP contribution in [0.5, 0.6) is 5.75 Å². The lowest BCUT2D eigenvalue weighted by Crippen LogP contribution is -2.47. The Labute approximate surface area is 214 Å². The Bertz CT molecular complexity index is 1220. The van der Waals surface area contributed by atoms with Crippen molar-refractivity contribution in [2.45, 2.75) is 37.6 Å². The van der Waals surface area contributed by atoms with Crippen LogP contribution in [0.4, 0.5) is 4.79 Å². The van der Waals surface area contributed by atoms with Crippen molar-refractivity contribution >= 4 is 22.5 Å². The summed E-state index contributed by atoms with van der Waals surface area (Å²) in [5.41, 5.74) is 5.09. The van der Waals surface area contributed by atoms with Crippen molar-refractivity contribution in [1.29, 1.82) is 0 Å². The first kappa shape index (κ1) is 24.4. The third kappa shape index (κ3) is 4.74. The average molecular weight is 487 g/mol. The maximum Gasteiger partial charge on any atom is 0.317 e. The van der Waals surface area contributed by atoms with Crippen molar-refractivity contribution < 1.29 is 9.53 Å². The number of nitrogens with zero attached hydrogens (tertiary/aromatic N) is 2. The number of hydrogen-bond acceptors (Lipinski definition) is 3. The van der Waals surface area contributed by atoms with Crippen LogP contribution < -0.4 is 10.1 Å². The van der Waals surface area contributed by atoms with E-state index in [0.717, 1.165) is 56.5 Å². The van der Waals surface area contributed by atoms with Crippen LogP contribution in [-0.4, -0.2) is 61.7 Å². The molecule has 0 spiro atoms. The number of fused-ring (bicyclic) bond motifs is 1. The van der Waals surface area contributed by atoms with Gasteiger partial charge in [0.15, 0.2) is 0 Å². The number of H-pyrrole nitrogens is 1. The van der Waals surface area contributed by atoms with E-state index in [2.05, 4.69) is 84.0 Å². The smallest absolute Gasteiger partial charge is 0.317 e. The van der Waals surface area contributed by atoms with Gasteiger partial charge in [-0.25, -0.2) is 4.79 Å². The molecule has 2 aliphatic rings. The molecule has 1 fully saturated rings. The molecule has 0 atom stereocenters. The molecule has 36 heavy (non-hydrogen) atoms. The van der Waals surface area contributed by atoms with Crippen molar-refractivity contribution in [3.05, 3.63) is 71.9 Å². The van der Waals surface area contributed by atoms with E-state index in [4.69, 9.17) is 4.74 Å². The second kappa shape index (κ2) is 10.4. The van der Waals surface area contributed by atoms with Crippen LogP contribution in [-0.2, 0) is 5.54 Å². The number of aromatic amines is 1. The zero-order valence-electron chi connectivity index (χ0n) is 21.7. The largest absolute Gasteiger partial charge is 0.497 e. The molecule has 0 radical (unpaired) electrons. The summed E-state index contributed by atoms with van der Waals surface area (Å²) in [6.07, 6.45) is 9.60. The van der Waals surface area contributed by atoms with E-state index in [-0.39, 0.29) is 11.6 Å². The topological polar surface area (TPSA) is 60.6 Å². The summed E-state index contributed by atoms with van der Waals surface area (Å²) in [5, 5.41) is 4.40. The summed E-state index contributed by atoms with van der Waals surface area (Å²) in [5.74, 6) is 1.39. The van der Waals surface area contributed by atoms with Gasteiger partial charge in [0.1, 0.15) is 5.75 Å². The quantitative estimate of drug-likeness (QED) is 0.475. The molecule has 0 bridgehead atoms. The normalized spacial score (nSPS) is 22.5. The highest BCUT2D eigenvalue weighted by molar-refractivity contribution is 5.94. The Morgan fingerprint density at radius 2 is 1.94 bits per heavy atom. The van der Waals surface area contributed by atoms with Crippen molar-refractivity contribution in [1.82, 2.24) is 20.1 Å². The van der Waals surface area contributed by atoms with E-state index < -0.39 is 0 Å².